The lowest BCUT2D eigenvalue weighted by molar-refractivity contribution is -0.384. The second-order valence-corrected chi connectivity index (χ2v) is 6.85. The third kappa shape index (κ3) is 3.04. The van der Waals surface area contributed by atoms with Gasteiger partial charge in [0.2, 0.25) is 11.4 Å². The van der Waals surface area contributed by atoms with Crippen LogP contribution >= 0.6 is 0 Å². The molecule has 1 aromatic heterocycles. The second-order valence-electron chi connectivity index (χ2n) is 6.85. The summed E-state index contributed by atoms with van der Waals surface area (Å²) >= 11 is 0. The van der Waals surface area contributed by atoms with Crippen LogP contribution in [0, 0.1) is 10.1 Å². The Balaban J connectivity index is 1.73. The summed E-state index contributed by atoms with van der Waals surface area (Å²) in [6, 6.07) is 10.5. The lowest BCUT2D eigenvalue weighted by Crippen LogP contribution is -2.41. The number of non-ortho nitro benzene ring substituents is 1. The van der Waals surface area contributed by atoms with Crippen molar-refractivity contribution < 1.29 is 24.1 Å². The van der Waals surface area contributed by atoms with Gasteiger partial charge in [0.1, 0.15) is 5.75 Å². The van der Waals surface area contributed by atoms with Crippen LogP contribution in [-0.4, -0.2) is 39.7 Å². The van der Waals surface area contributed by atoms with E-state index >= 15 is 0 Å². The highest BCUT2D eigenvalue weighted by Crippen LogP contribution is 2.48. The minimum atomic E-state index is -2.11. The number of nitrogens with zero attached hydrogens (tertiary/aromatic N) is 4. The van der Waals surface area contributed by atoms with E-state index in [0.717, 1.165) is 0 Å². The minimum Gasteiger partial charge on any atom is -0.497 e. The molecule has 0 saturated heterocycles. The summed E-state index contributed by atoms with van der Waals surface area (Å²) in [6.07, 6.45) is 0. The molecule has 1 aliphatic heterocycles. The molecule has 4 rings (SSSR count). The largest absolute Gasteiger partial charge is 0.497 e. The minimum absolute atomic E-state index is 0.0760. The molecule has 2 aromatic carbocycles. The van der Waals surface area contributed by atoms with Gasteiger partial charge < -0.3 is 19.3 Å². The van der Waals surface area contributed by atoms with Gasteiger partial charge in [-0.2, -0.15) is 4.98 Å². The van der Waals surface area contributed by atoms with Crippen molar-refractivity contribution in [1.29, 1.82) is 0 Å². The maximum atomic E-state index is 13.1. The molecule has 10 nitrogen and oxygen atoms in total. The molecule has 1 atom stereocenters. The predicted molar refractivity (Wildman–Crippen MR) is 110 cm³/mol. The van der Waals surface area contributed by atoms with Crippen LogP contribution in [0.2, 0.25) is 0 Å². The van der Waals surface area contributed by atoms with Crippen LogP contribution in [0.4, 0.5) is 11.4 Å². The molecule has 10 heteroatoms. The van der Waals surface area contributed by atoms with Gasteiger partial charge in [0.25, 0.3) is 17.5 Å². The molecule has 158 valence electrons. The van der Waals surface area contributed by atoms with Crippen LogP contribution in [0.15, 0.2) is 53.6 Å². The maximum absolute atomic E-state index is 13.1. The van der Waals surface area contributed by atoms with E-state index in [1.165, 1.54) is 36.3 Å². The van der Waals surface area contributed by atoms with Crippen molar-refractivity contribution in [1.82, 2.24) is 10.1 Å². The summed E-state index contributed by atoms with van der Waals surface area (Å²) in [5.74, 6) is -0.111. The number of ether oxygens (including phenoxy) is 1. The van der Waals surface area contributed by atoms with Gasteiger partial charge in [-0.25, -0.2) is 0 Å². The van der Waals surface area contributed by atoms with Gasteiger partial charge in [-0.1, -0.05) is 11.7 Å². The molecule has 1 aliphatic rings. The Morgan fingerprint density at radius 2 is 2.03 bits per heavy atom. The highest BCUT2D eigenvalue weighted by atomic mass is 16.6. The van der Waals surface area contributed by atoms with E-state index in [9.17, 15) is 20.0 Å². The first-order valence-electron chi connectivity index (χ1n) is 9.32. The zero-order valence-corrected chi connectivity index (χ0v) is 16.7. The number of anilines is 1. The van der Waals surface area contributed by atoms with E-state index < -0.39 is 16.4 Å². The van der Waals surface area contributed by atoms with Gasteiger partial charge in [0.15, 0.2) is 0 Å². The zero-order valence-electron chi connectivity index (χ0n) is 16.7. The standard InChI is InChI=1S/C21H18N4O6/c1-4-24-17-10-9-15(30-3)11-16(17)21(27,20(24)26)12(2)19-22-18(23-31-19)13-5-7-14(8-6-13)25(28)29/h5-11,27H,2,4H2,1,3H3. The van der Waals surface area contributed by atoms with Gasteiger partial charge in [0, 0.05) is 29.8 Å². The number of likely N-dealkylation sites (N-methyl/N-ethyl adjacent to an activating group) is 1. The first kappa shape index (κ1) is 20.2. The molecule has 0 fully saturated rings. The Morgan fingerprint density at radius 3 is 2.65 bits per heavy atom. The number of nitro benzene ring substituents is 1. The van der Waals surface area contributed by atoms with Crippen LogP contribution < -0.4 is 9.64 Å². The number of hydrogen-bond acceptors (Lipinski definition) is 8. The highest BCUT2D eigenvalue weighted by Gasteiger charge is 2.53. The first-order valence-corrected chi connectivity index (χ1v) is 9.32. The number of benzene rings is 2. The van der Waals surface area contributed by atoms with Crippen LogP contribution in [-0.2, 0) is 10.4 Å². The lowest BCUT2D eigenvalue weighted by atomic mass is 9.87. The number of carbonyl (C=O) groups excluding carboxylic acids is 1. The van der Waals surface area contributed by atoms with E-state index in [1.54, 1.807) is 25.1 Å². The van der Waals surface area contributed by atoms with Crippen molar-refractivity contribution in [2.24, 2.45) is 0 Å². The molecule has 0 radical (unpaired) electrons. The summed E-state index contributed by atoms with van der Waals surface area (Å²) in [5, 5.41) is 26.2. The first-order chi connectivity index (χ1) is 14.8. The average molecular weight is 422 g/mol. The molecule has 0 spiro atoms. The number of amides is 1. The molecule has 0 bridgehead atoms. The van der Waals surface area contributed by atoms with Crippen molar-refractivity contribution in [3.05, 3.63) is 70.6 Å². The maximum Gasteiger partial charge on any atom is 0.269 e. The van der Waals surface area contributed by atoms with Gasteiger partial charge in [-0.15, -0.1) is 0 Å². The fourth-order valence-electron chi connectivity index (χ4n) is 3.54. The summed E-state index contributed by atoms with van der Waals surface area (Å²) < 4.78 is 10.5. The van der Waals surface area contributed by atoms with Crippen molar-refractivity contribution in [3.8, 4) is 17.1 Å². The third-order valence-corrected chi connectivity index (χ3v) is 5.21. The van der Waals surface area contributed by atoms with E-state index in [-0.39, 0.29) is 23.0 Å². The van der Waals surface area contributed by atoms with E-state index in [2.05, 4.69) is 16.7 Å². The van der Waals surface area contributed by atoms with E-state index in [0.29, 0.717) is 29.1 Å². The summed E-state index contributed by atoms with van der Waals surface area (Å²) in [7, 11) is 1.48. The van der Waals surface area contributed by atoms with Gasteiger partial charge in [-0.05, 0) is 37.3 Å². The quantitative estimate of drug-likeness (QED) is 0.474. The molecular weight excluding hydrogens is 404 g/mol. The number of methoxy groups -OCH3 is 1. The van der Waals surface area contributed by atoms with Crippen LogP contribution in [0.25, 0.3) is 17.0 Å². The van der Waals surface area contributed by atoms with Crippen molar-refractivity contribution in [3.63, 3.8) is 0 Å². The van der Waals surface area contributed by atoms with Gasteiger partial charge in [0.05, 0.1) is 23.3 Å². The number of aliphatic hydroxyl groups is 1. The van der Waals surface area contributed by atoms with Crippen molar-refractivity contribution >= 4 is 22.9 Å². The molecular formula is C21H18N4O6. The molecule has 1 N–H and O–H groups in total. The summed E-state index contributed by atoms with van der Waals surface area (Å²) in [6.45, 7) is 6.00. The monoisotopic (exact) mass is 422 g/mol. The number of rotatable bonds is 6. The van der Waals surface area contributed by atoms with Crippen LogP contribution in [0.1, 0.15) is 18.4 Å². The van der Waals surface area contributed by atoms with E-state index in [4.69, 9.17) is 9.26 Å². The summed E-state index contributed by atoms with van der Waals surface area (Å²) in [5.41, 5.74) is -0.961. The molecule has 1 unspecified atom stereocenters. The molecule has 0 saturated carbocycles. The van der Waals surface area contributed by atoms with E-state index in [1.807, 2.05) is 0 Å². The number of nitro groups is 1. The average Bonchev–Trinajstić information content (AvgIpc) is 3.36. The Bertz CT molecular complexity index is 1200. The Labute approximate surface area is 176 Å². The van der Waals surface area contributed by atoms with Crippen LogP contribution in [0.3, 0.4) is 0 Å². The normalized spacial score (nSPS) is 17.5. The molecule has 0 aliphatic carbocycles. The van der Waals surface area contributed by atoms with Gasteiger partial charge >= 0.3 is 0 Å². The number of fused-ring (bicyclic) bond motifs is 1. The fraction of sp³-hybridized carbons (Fsp3) is 0.190. The molecule has 3 aromatic rings. The fourth-order valence-corrected chi connectivity index (χ4v) is 3.54. The molecule has 2 heterocycles. The number of aromatic nitrogens is 2. The lowest BCUT2D eigenvalue weighted by Gasteiger charge is -2.23. The zero-order chi connectivity index (χ0) is 22.3. The SMILES string of the molecule is C=C(c1nc(-c2ccc([N+](=O)[O-])cc2)no1)C1(O)C(=O)N(CC)c2ccc(OC)cc21. The highest BCUT2D eigenvalue weighted by molar-refractivity contribution is 6.14. The third-order valence-electron chi connectivity index (χ3n) is 5.21. The number of carbonyl (C=O) groups is 1. The van der Waals surface area contributed by atoms with Crippen molar-refractivity contribution in [2.45, 2.75) is 12.5 Å². The Hall–Kier alpha value is -4.05. The number of hydrogen-bond donors (Lipinski definition) is 1. The predicted octanol–water partition coefficient (Wildman–Crippen LogP) is 2.92. The van der Waals surface area contributed by atoms with Gasteiger partial charge in [-0.3, -0.25) is 14.9 Å². The molecule has 31 heavy (non-hydrogen) atoms. The van der Waals surface area contributed by atoms with Crippen LogP contribution in [0.5, 0.6) is 5.75 Å². The smallest absolute Gasteiger partial charge is 0.269 e. The topological polar surface area (TPSA) is 132 Å². The Morgan fingerprint density at radius 1 is 1.32 bits per heavy atom. The Kier molecular flexibility index (Phi) is 4.78. The molecule has 1 amide bonds. The summed E-state index contributed by atoms with van der Waals surface area (Å²) in [4.78, 5) is 29.1. The van der Waals surface area contributed by atoms with Crippen molar-refractivity contribution in [2.75, 3.05) is 18.6 Å². The second kappa shape index (κ2) is 7.33.